The van der Waals surface area contributed by atoms with Crippen LogP contribution in [0.1, 0.15) is 20.3 Å². The van der Waals surface area contributed by atoms with Gasteiger partial charge in [-0.05, 0) is 18.1 Å². The second kappa shape index (κ2) is 7.47. The van der Waals surface area contributed by atoms with Crippen molar-refractivity contribution in [3.8, 4) is 0 Å². The molecule has 0 aliphatic rings. The molecule has 1 unspecified atom stereocenters. The van der Waals surface area contributed by atoms with E-state index in [2.05, 4.69) is 10.6 Å². The molecule has 0 saturated carbocycles. The predicted octanol–water partition coefficient (Wildman–Crippen LogP) is 3.75. The molecule has 21 heavy (non-hydrogen) atoms. The Balaban J connectivity index is 2.79. The van der Waals surface area contributed by atoms with E-state index < -0.39 is 23.9 Å². The van der Waals surface area contributed by atoms with Gasteiger partial charge in [-0.1, -0.05) is 43.5 Å². The molecule has 0 heterocycles. The molecule has 0 aromatic heterocycles. The number of hydrogen-bond acceptors (Lipinski definition) is 2. The number of aliphatic carboxylic acids is 1. The van der Waals surface area contributed by atoms with E-state index >= 15 is 0 Å². The number of carboxylic acids is 1. The lowest BCUT2D eigenvalue weighted by atomic mass is 9.99. The van der Waals surface area contributed by atoms with Gasteiger partial charge in [-0.25, -0.2) is 14.0 Å². The molecule has 116 valence electrons. The minimum absolute atomic E-state index is 0.164. The molecule has 1 aromatic rings. The van der Waals surface area contributed by atoms with E-state index in [0.29, 0.717) is 6.42 Å². The first-order chi connectivity index (χ1) is 9.76. The molecule has 5 nitrogen and oxygen atoms in total. The van der Waals surface area contributed by atoms with Crippen LogP contribution in [0.3, 0.4) is 0 Å². The highest BCUT2D eigenvalue weighted by molar-refractivity contribution is 6.35. The van der Waals surface area contributed by atoms with Crippen LogP contribution in [-0.2, 0) is 4.79 Å². The van der Waals surface area contributed by atoms with Crippen molar-refractivity contribution >= 4 is 40.9 Å². The summed E-state index contributed by atoms with van der Waals surface area (Å²) in [6, 6.07) is 0.603. The van der Waals surface area contributed by atoms with Crippen LogP contribution in [0.5, 0.6) is 0 Å². The smallest absolute Gasteiger partial charge is 0.326 e. The number of anilines is 1. The molecule has 0 bridgehead atoms. The van der Waals surface area contributed by atoms with Crippen molar-refractivity contribution in [2.75, 3.05) is 5.32 Å². The normalized spacial score (nSPS) is 13.4. The molecule has 0 aliphatic carbocycles. The summed E-state index contributed by atoms with van der Waals surface area (Å²) in [6.07, 6.45) is 0.589. The second-order valence-corrected chi connectivity index (χ2v) is 5.37. The molecule has 2 amide bonds. The molecule has 0 saturated heterocycles. The number of halogens is 3. The molecule has 0 aliphatic heterocycles. The summed E-state index contributed by atoms with van der Waals surface area (Å²) in [5.74, 6) is -2.16. The Hall–Kier alpha value is -1.53. The summed E-state index contributed by atoms with van der Waals surface area (Å²) in [5.41, 5.74) is 0.164. The largest absolute Gasteiger partial charge is 0.480 e. The van der Waals surface area contributed by atoms with Crippen molar-refractivity contribution < 1.29 is 19.1 Å². The minimum atomic E-state index is -1.13. The molecule has 1 aromatic carbocycles. The van der Waals surface area contributed by atoms with E-state index in [0.717, 1.165) is 0 Å². The molecule has 0 spiro atoms. The highest BCUT2D eigenvalue weighted by Crippen LogP contribution is 2.27. The number of nitrogens with one attached hydrogen (secondary N) is 2. The second-order valence-electron chi connectivity index (χ2n) is 4.55. The summed E-state index contributed by atoms with van der Waals surface area (Å²) in [5, 5.41) is 13.3. The van der Waals surface area contributed by atoms with Crippen molar-refractivity contribution in [1.82, 2.24) is 5.32 Å². The van der Waals surface area contributed by atoms with Gasteiger partial charge in [0.05, 0.1) is 10.0 Å². The quantitative estimate of drug-likeness (QED) is 0.716. The van der Waals surface area contributed by atoms with Crippen LogP contribution in [0.25, 0.3) is 0 Å². The van der Waals surface area contributed by atoms with Crippen molar-refractivity contribution in [1.29, 1.82) is 0 Å². The van der Waals surface area contributed by atoms with Crippen LogP contribution in [-0.4, -0.2) is 23.1 Å². The zero-order valence-corrected chi connectivity index (χ0v) is 12.9. The molecule has 1 rings (SSSR count). The molecule has 2 atom stereocenters. The maximum Gasteiger partial charge on any atom is 0.326 e. The van der Waals surface area contributed by atoms with Gasteiger partial charge in [0, 0.05) is 5.69 Å². The number of carbonyl (C=O) groups is 2. The highest BCUT2D eigenvalue weighted by atomic mass is 35.5. The van der Waals surface area contributed by atoms with Gasteiger partial charge in [-0.2, -0.15) is 0 Å². The lowest BCUT2D eigenvalue weighted by Gasteiger charge is -2.20. The van der Waals surface area contributed by atoms with Gasteiger partial charge >= 0.3 is 12.0 Å². The van der Waals surface area contributed by atoms with Crippen LogP contribution in [0.2, 0.25) is 10.0 Å². The molecular weight excluding hydrogens is 322 g/mol. The fourth-order valence-corrected chi connectivity index (χ4v) is 2.11. The van der Waals surface area contributed by atoms with E-state index in [9.17, 15) is 14.0 Å². The number of amides is 2. The number of carbonyl (C=O) groups excluding carboxylic acids is 1. The SMILES string of the molecule is CCC(C)[C@H](NC(=O)Nc1cc(Cl)c(F)c(Cl)c1)C(=O)O. The first-order valence-corrected chi connectivity index (χ1v) is 6.96. The Morgan fingerprint density at radius 3 is 2.29 bits per heavy atom. The van der Waals surface area contributed by atoms with Gasteiger partial charge in [0.2, 0.25) is 0 Å². The molecule has 0 fully saturated rings. The van der Waals surface area contributed by atoms with Gasteiger partial charge in [-0.3, -0.25) is 0 Å². The minimum Gasteiger partial charge on any atom is -0.480 e. The van der Waals surface area contributed by atoms with Crippen molar-refractivity contribution in [2.45, 2.75) is 26.3 Å². The summed E-state index contributed by atoms with van der Waals surface area (Å²) < 4.78 is 13.2. The van der Waals surface area contributed by atoms with Crippen LogP contribution in [0.4, 0.5) is 14.9 Å². The highest BCUT2D eigenvalue weighted by Gasteiger charge is 2.25. The number of benzene rings is 1. The Morgan fingerprint density at radius 2 is 1.86 bits per heavy atom. The third kappa shape index (κ3) is 4.75. The number of hydrogen-bond donors (Lipinski definition) is 3. The van der Waals surface area contributed by atoms with Gasteiger partial charge in [0.25, 0.3) is 0 Å². The van der Waals surface area contributed by atoms with Gasteiger partial charge in [-0.15, -0.1) is 0 Å². The third-order valence-corrected chi connectivity index (χ3v) is 3.56. The predicted molar refractivity (Wildman–Crippen MR) is 79.5 cm³/mol. The number of rotatable bonds is 5. The standard InChI is InChI=1S/C13H15Cl2FN2O3/c1-3-6(2)11(12(19)20)18-13(21)17-7-4-8(14)10(16)9(15)5-7/h4-6,11H,3H2,1-2H3,(H,19,20)(H2,17,18,21)/t6?,11-/m0/s1. The van der Waals surface area contributed by atoms with E-state index in [4.69, 9.17) is 28.3 Å². The Kier molecular flexibility index (Phi) is 6.23. The summed E-state index contributed by atoms with van der Waals surface area (Å²) >= 11 is 11.2. The van der Waals surface area contributed by atoms with E-state index in [-0.39, 0.29) is 21.7 Å². The Labute approximate surface area is 131 Å². The van der Waals surface area contributed by atoms with Gasteiger partial charge < -0.3 is 15.7 Å². The van der Waals surface area contributed by atoms with E-state index in [1.165, 1.54) is 12.1 Å². The third-order valence-electron chi connectivity index (χ3n) is 3.01. The first kappa shape index (κ1) is 17.5. The van der Waals surface area contributed by atoms with Crippen LogP contribution >= 0.6 is 23.2 Å². The Bertz CT molecular complexity index is 531. The molecule has 3 N–H and O–H groups in total. The average molecular weight is 337 g/mol. The van der Waals surface area contributed by atoms with Gasteiger partial charge in [0.1, 0.15) is 6.04 Å². The number of urea groups is 1. The molecule has 8 heteroatoms. The Morgan fingerprint density at radius 1 is 1.33 bits per heavy atom. The lowest BCUT2D eigenvalue weighted by molar-refractivity contribution is -0.140. The zero-order valence-electron chi connectivity index (χ0n) is 11.4. The summed E-state index contributed by atoms with van der Waals surface area (Å²) in [6.45, 7) is 3.53. The fraction of sp³-hybridized carbons (Fsp3) is 0.385. The average Bonchev–Trinajstić information content (AvgIpc) is 2.40. The van der Waals surface area contributed by atoms with Crippen molar-refractivity contribution in [3.05, 3.63) is 28.0 Å². The van der Waals surface area contributed by atoms with E-state index in [1.54, 1.807) is 6.92 Å². The summed E-state index contributed by atoms with van der Waals surface area (Å²) in [7, 11) is 0. The van der Waals surface area contributed by atoms with Crippen molar-refractivity contribution in [2.24, 2.45) is 5.92 Å². The summed E-state index contributed by atoms with van der Waals surface area (Å²) in [4.78, 5) is 22.9. The fourth-order valence-electron chi connectivity index (χ4n) is 1.62. The van der Waals surface area contributed by atoms with Crippen LogP contribution in [0, 0.1) is 11.7 Å². The molecule has 0 radical (unpaired) electrons. The zero-order chi connectivity index (χ0) is 16.2. The monoisotopic (exact) mass is 336 g/mol. The maximum absolute atomic E-state index is 13.2. The van der Waals surface area contributed by atoms with Crippen LogP contribution in [0.15, 0.2) is 12.1 Å². The van der Waals surface area contributed by atoms with Crippen molar-refractivity contribution in [3.63, 3.8) is 0 Å². The topological polar surface area (TPSA) is 78.4 Å². The number of carboxylic acid groups (broad SMARTS) is 1. The molecular formula is C13H15Cl2FN2O3. The maximum atomic E-state index is 13.2. The van der Waals surface area contributed by atoms with Crippen LogP contribution < -0.4 is 10.6 Å². The first-order valence-electron chi connectivity index (χ1n) is 6.21. The van der Waals surface area contributed by atoms with Gasteiger partial charge in [0.15, 0.2) is 5.82 Å². The van der Waals surface area contributed by atoms with E-state index in [1.807, 2.05) is 6.92 Å². The lowest BCUT2D eigenvalue weighted by Crippen LogP contribution is -2.46.